The van der Waals surface area contributed by atoms with Gasteiger partial charge in [-0.2, -0.15) is 0 Å². The number of hydrogen-bond donors (Lipinski definition) is 2. The molecule has 17 heavy (non-hydrogen) atoms. The van der Waals surface area contributed by atoms with Gasteiger partial charge >= 0.3 is 5.97 Å². The third-order valence-electron chi connectivity index (χ3n) is 4.51. The van der Waals surface area contributed by atoms with Crippen molar-refractivity contribution in [3.05, 3.63) is 0 Å². The lowest BCUT2D eigenvalue weighted by molar-refractivity contribution is -0.140. The molecule has 1 saturated carbocycles. The van der Waals surface area contributed by atoms with E-state index in [-0.39, 0.29) is 6.04 Å². The lowest BCUT2D eigenvalue weighted by Gasteiger charge is -2.28. The van der Waals surface area contributed by atoms with Gasteiger partial charge in [0.15, 0.2) is 0 Å². The molecule has 1 heterocycles. The molecule has 2 rings (SSSR count). The van der Waals surface area contributed by atoms with E-state index in [1.165, 1.54) is 44.9 Å². The van der Waals surface area contributed by atoms with Crippen molar-refractivity contribution in [3.8, 4) is 0 Å². The van der Waals surface area contributed by atoms with Crippen LogP contribution in [0, 0.1) is 11.8 Å². The van der Waals surface area contributed by atoms with Crippen LogP contribution in [-0.4, -0.2) is 23.7 Å². The first-order valence-corrected chi connectivity index (χ1v) is 7.22. The quantitative estimate of drug-likeness (QED) is 0.775. The van der Waals surface area contributed by atoms with Crippen molar-refractivity contribution >= 4 is 5.97 Å². The summed E-state index contributed by atoms with van der Waals surface area (Å²) < 4.78 is 0. The van der Waals surface area contributed by atoms with Gasteiger partial charge in [0.05, 0.1) is 0 Å². The number of carbonyl (C=O) groups is 1. The van der Waals surface area contributed by atoms with Crippen molar-refractivity contribution in [2.75, 3.05) is 6.54 Å². The number of carboxylic acid groups (broad SMARTS) is 1. The fraction of sp³-hybridized carbons (Fsp3) is 0.929. The normalized spacial score (nSPS) is 30.6. The predicted octanol–water partition coefficient (Wildman–Crippen LogP) is 2.80. The SMILES string of the molecule is O=C(O)C1CC(CCCC2CCCC2)CCN1. The zero-order valence-electron chi connectivity index (χ0n) is 10.7. The van der Waals surface area contributed by atoms with Gasteiger partial charge in [0.2, 0.25) is 0 Å². The van der Waals surface area contributed by atoms with Crippen LogP contribution < -0.4 is 5.32 Å². The molecule has 2 N–H and O–H groups in total. The molecule has 2 fully saturated rings. The first kappa shape index (κ1) is 12.9. The molecule has 2 unspecified atom stereocenters. The minimum Gasteiger partial charge on any atom is -0.480 e. The van der Waals surface area contributed by atoms with E-state index < -0.39 is 5.97 Å². The molecule has 0 aromatic carbocycles. The molecule has 0 amide bonds. The van der Waals surface area contributed by atoms with E-state index in [2.05, 4.69) is 5.32 Å². The highest BCUT2D eigenvalue weighted by molar-refractivity contribution is 5.73. The Kier molecular flexibility index (Phi) is 4.84. The number of aliphatic carboxylic acids is 1. The van der Waals surface area contributed by atoms with E-state index in [9.17, 15) is 4.79 Å². The average Bonchev–Trinajstić information content (AvgIpc) is 2.82. The van der Waals surface area contributed by atoms with Gasteiger partial charge in [-0.25, -0.2) is 0 Å². The van der Waals surface area contributed by atoms with Crippen LogP contribution in [0.25, 0.3) is 0 Å². The zero-order valence-corrected chi connectivity index (χ0v) is 10.7. The molecule has 0 bridgehead atoms. The van der Waals surface area contributed by atoms with Gasteiger partial charge < -0.3 is 10.4 Å². The van der Waals surface area contributed by atoms with Crippen molar-refractivity contribution < 1.29 is 9.90 Å². The van der Waals surface area contributed by atoms with Crippen LogP contribution in [0.15, 0.2) is 0 Å². The molecule has 2 aliphatic rings. The molecule has 1 aliphatic carbocycles. The third-order valence-corrected chi connectivity index (χ3v) is 4.51. The highest BCUT2D eigenvalue weighted by Crippen LogP contribution is 2.31. The number of hydrogen-bond acceptors (Lipinski definition) is 2. The molecule has 0 radical (unpaired) electrons. The summed E-state index contributed by atoms with van der Waals surface area (Å²) in [5.74, 6) is 0.941. The second-order valence-corrected chi connectivity index (χ2v) is 5.82. The van der Waals surface area contributed by atoms with E-state index in [0.717, 1.165) is 25.3 Å². The first-order chi connectivity index (χ1) is 8.25. The Morgan fingerprint density at radius 3 is 2.53 bits per heavy atom. The summed E-state index contributed by atoms with van der Waals surface area (Å²) in [7, 11) is 0. The lowest BCUT2D eigenvalue weighted by atomic mass is 9.87. The molecule has 0 spiro atoms. The smallest absolute Gasteiger partial charge is 0.320 e. The first-order valence-electron chi connectivity index (χ1n) is 7.22. The Balaban J connectivity index is 1.62. The minimum absolute atomic E-state index is 0.291. The average molecular weight is 239 g/mol. The molecule has 0 aromatic heterocycles. The molecule has 2 atom stereocenters. The molecular weight excluding hydrogens is 214 g/mol. The summed E-state index contributed by atoms with van der Waals surface area (Å²) >= 11 is 0. The van der Waals surface area contributed by atoms with E-state index in [1.54, 1.807) is 0 Å². The van der Waals surface area contributed by atoms with Crippen LogP contribution in [0.2, 0.25) is 0 Å². The van der Waals surface area contributed by atoms with Crippen LogP contribution in [0.3, 0.4) is 0 Å². The van der Waals surface area contributed by atoms with Crippen molar-refractivity contribution in [3.63, 3.8) is 0 Å². The monoisotopic (exact) mass is 239 g/mol. The molecular formula is C14H25NO2. The van der Waals surface area contributed by atoms with Crippen molar-refractivity contribution in [1.29, 1.82) is 0 Å². The summed E-state index contributed by atoms with van der Waals surface area (Å²) in [5, 5.41) is 12.1. The summed E-state index contributed by atoms with van der Waals surface area (Å²) in [4.78, 5) is 10.9. The highest BCUT2D eigenvalue weighted by Gasteiger charge is 2.26. The van der Waals surface area contributed by atoms with Crippen LogP contribution >= 0.6 is 0 Å². The lowest BCUT2D eigenvalue weighted by Crippen LogP contribution is -2.43. The van der Waals surface area contributed by atoms with E-state index in [1.807, 2.05) is 0 Å². The van der Waals surface area contributed by atoms with Crippen molar-refractivity contribution in [2.24, 2.45) is 11.8 Å². The summed E-state index contributed by atoms with van der Waals surface area (Å²) in [6.07, 6.45) is 11.6. The van der Waals surface area contributed by atoms with Gasteiger partial charge in [0, 0.05) is 0 Å². The van der Waals surface area contributed by atoms with Crippen LogP contribution in [-0.2, 0) is 4.79 Å². The van der Waals surface area contributed by atoms with E-state index >= 15 is 0 Å². The Morgan fingerprint density at radius 2 is 1.82 bits per heavy atom. The standard InChI is InChI=1S/C14H25NO2/c16-14(17)13-10-12(8-9-15-13)7-3-6-11-4-1-2-5-11/h11-13,15H,1-10H2,(H,16,17). The second kappa shape index (κ2) is 6.39. The number of carboxylic acids is 1. The fourth-order valence-electron chi connectivity index (χ4n) is 3.44. The topological polar surface area (TPSA) is 49.3 Å². The molecule has 3 nitrogen and oxygen atoms in total. The van der Waals surface area contributed by atoms with Crippen molar-refractivity contribution in [1.82, 2.24) is 5.32 Å². The van der Waals surface area contributed by atoms with Gasteiger partial charge in [-0.3, -0.25) is 4.79 Å². The largest absolute Gasteiger partial charge is 0.480 e. The van der Waals surface area contributed by atoms with Crippen LogP contribution in [0.1, 0.15) is 57.8 Å². The second-order valence-electron chi connectivity index (χ2n) is 5.82. The van der Waals surface area contributed by atoms with Gasteiger partial charge in [-0.1, -0.05) is 44.9 Å². The Hall–Kier alpha value is -0.570. The van der Waals surface area contributed by atoms with Crippen LogP contribution in [0.5, 0.6) is 0 Å². The molecule has 1 saturated heterocycles. The van der Waals surface area contributed by atoms with Gasteiger partial charge in [-0.05, 0) is 31.2 Å². The van der Waals surface area contributed by atoms with Crippen LogP contribution in [0.4, 0.5) is 0 Å². The molecule has 0 aromatic rings. The number of nitrogens with one attached hydrogen (secondary N) is 1. The van der Waals surface area contributed by atoms with E-state index in [0.29, 0.717) is 5.92 Å². The highest BCUT2D eigenvalue weighted by atomic mass is 16.4. The maximum atomic E-state index is 10.9. The molecule has 1 aliphatic heterocycles. The summed E-state index contributed by atoms with van der Waals surface area (Å²) in [6.45, 7) is 0.880. The van der Waals surface area contributed by atoms with Crippen molar-refractivity contribution in [2.45, 2.75) is 63.8 Å². The maximum Gasteiger partial charge on any atom is 0.320 e. The summed E-state index contributed by atoms with van der Waals surface area (Å²) in [6, 6.07) is -0.291. The maximum absolute atomic E-state index is 10.9. The predicted molar refractivity (Wildman–Crippen MR) is 68.0 cm³/mol. The Bertz CT molecular complexity index is 249. The zero-order chi connectivity index (χ0) is 12.1. The fourth-order valence-corrected chi connectivity index (χ4v) is 3.44. The number of piperidine rings is 1. The van der Waals surface area contributed by atoms with Gasteiger partial charge in [0.1, 0.15) is 6.04 Å². The number of rotatable bonds is 5. The summed E-state index contributed by atoms with van der Waals surface area (Å²) in [5.41, 5.74) is 0. The van der Waals surface area contributed by atoms with Gasteiger partial charge in [-0.15, -0.1) is 0 Å². The minimum atomic E-state index is -0.675. The molecule has 98 valence electrons. The van der Waals surface area contributed by atoms with E-state index in [4.69, 9.17) is 5.11 Å². The Morgan fingerprint density at radius 1 is 1.12 bits per heavy atom. The van der Waals surface area contributed by atoms with Gasteiger partial charge in [0.25, 0.3) is 0 Å². The molecule has 3 heteroatoms. The Labute approximate surface area is 104 Å². The third kappa shape index (κ3) is 3.98.